The Hall–Kier alpha value is -3.65. The standard InChI is InChI=1S/C31H33N5O2S/c1-3-23-24(4-2)33-26-17-22(10-12-25(26)32-23)29(37)35-31-34-27(18-39-31)20-11-13-28-21(16-20)14-15-36(28)30(38)19-8-6-5-7-9-19/h10-13,16-19H,3-9,14-15H2,1-2H3,(H,34,35,37). The van der Waals surface area contributed by atoms with E-state index in [0.29, 0.717) is 10.7 Å². The lowest BCUT2D eigenvalue weighted by molar-refractivity contribution is -0.123. The topological polar surface area (TPSA) is 88.1 Å². The Morgan fingerprint density at radius 1 is 0.949 bits per heavy atom. The van der Waals surface area contributed by atoms with Crippen LogP contribution < -0.4 is 10.2 Å². The van der Waals surface area contributed by atoms with Crippen molar-refractivity contribution in [3.05, 3.63) is 64.3 Å². The number of aromatic nitrogens is 3. The number of benzene rings is 2. The summed E-state index contributed by atoms with van der Waals surface area (Å²) in [5.74, 6) is 0.241. The molecule has 8 heteroatoms. The van der Waals surface area contributed by atoms with Gasteiger partial charge in [0.15, 0.2) is 5.13 Å². The van der Waals surface area contributed by atoms with Crippen molar-refractivity contribution >= 4 is 45.0 Å². The molecule has 3 heterocycles. The van der Waals surface area contributed by atoms with Gasteiger partial charge in [-0.3, -0.25) is 14.9 Å². The van der Waals surface area contributed by atoms with Crippen molar-refractivity contribution < 1.29 is 9.59 Å². The SMILES string of the molecule is CCc1nc2ccc(C(=O)Nc3nc(-c4ccc5c(c4)CCN5C(=O)C4CCCCC4)cs3)cc2nc1CC. The molecule has 4 aromatic rings. The number of nitrogens with one attached hydrogen (secondary N) is 1. The minimum absolute atomic E-state index is 0.172. The quantitative estimate of drug-likeness (QED) is 0.298. The molecule has 7 nitrogen and oxygen atoms in total. The Kier molecular flexibility index (Phi) is 7.12. The molecule has 0 radical (unpaired) electrons. The van der Waals surface area contributed by atoms with Crippen molar-refractivity contribution in [2.45, 2.75) is 65.2 Å². The number of carbonyl (C=O) groups is 2. The highest BCUT2D eigenvalue weighted by Gasteiger charge is 2.31. The van der Waals surface area contributed by atoms with Crippen molar-refractivity contribution in [3.63, 3.8) is 0 Å². The van der Waals surface area contributed by atoms with Crippen molar-refractivity contribution in [3.8, 4) is 11.3 Å². The zero-order chi connectivity index (χ0) is 26.9. The van der Waals surface area contributed by atoms with Gasteiger partial charge in [-0.1, -0.05) is 39.2 Å². The summed E-state index contributed by atoms with van der Waals surface area (Å²) in [6.45, 7) is 4.90. The molecule has 2 aromatic heterocycles. The molecule has 1 fully saturated rings. The summed E-state index contributed by atoms with van der Waals surface area (Å²) in [6, 6.07) is 11.7. The smallest absolute Gasteiger partial charge is 0.257 e. The number of aryl methyl sites for hydroxylation is 2. The molecule has 6 rings (SSSR count). The van der Waals surface area contributed by atoms with Crippen LogP contribution in [0.3, 0.4) is 0 Å². The van der Waals surface area contributed by atoms with Crippen LogP contribution >= 0.6 is 11.3 Å². The summed E-state index contributed by atoms with van der Waals surface area (Å²) in [7, 11) is 0. The molecule has 1 N–H and O–H groups in total. The highest BCUT2D eigenvalue weighted by atomic mass is 32.1. The van der Waals surface area contributed by atoms with E-state index in [2.05, 4.69) is 36.3 Å². The second kappa shape index (κ2) is 10.8. The van der Waals surface area contributed by atoms with Crippen LogP contribution in [-0.2, 0) is 24.1 Å². The Morgan fingerprint density at radius 2 is 1.72 bits per heavy atom. The predicted octanol–water partition coefficient (Wildman–Crippen LogP) is 6.60. The van der Waals surface area contributed by atoms with E-state index in [1.54, 1.807) is 12.1 Å². The van der Waals surface area contributed by atoms with Gasteiger partial charge in [0.1, 0.15) is 0 Å². The summed E-state index contributed by atoms with van der Waals surface area (Å²) >= 11 is 1.40. The van der Waals surface area contributed by atoms with Gasteiger partial charge >= 0.3 is 0 Å². The van der Waals surface area contributed by atoms with E-state index in [1.165, 1.54) is 23.3 Å². The number of rotatable bonds is 6. The first kappa shape index (κ1) is 25.6. The molecular weight excluding hydrogens is 506 g/mol. The average Bonchev–Trinajstić information content (AvgIpc) is 3.63. The van der Waals surface area contributed by atoms with Crippen LogP contribution in [0, 0.1) is 5.92 Å². The fourth-order valence-corrected chi connectivity index (χ4v) is 6.54. The van der Waals surface area contributed by atoms with Crippen LogP contribution in [0.15, 0.2) is 41.8 Å². The number of anilines is 2. The molecule has 2 aliphatic rings. The average molecular weight is 540 g/mol. The minimum Gasteiger partial charge on any atom is -0.312 e. The van der Waals surface area contributed by atoms with Crippen LogP contribution in [0.2, 0.25) is 0 Å². The second-order valence-corrected chi connectivity index (χ2v) is 11.3. The van der Waals surface area contributed by atoms with Gasteiger partial charge in [0.05, 0.1) is 28.1 Å². The summed E-state index contributed by atoms with van der Waals surface area (Å²) in [5, 5.41) is 5.45. The van der Waals surface area contributed by atoms with Crippen molar-refractivity contribution in [2.24, 2.45) is 5.92 Å². The Labute approximate surface area is 232 Å². The van der Waals surface area contributed by atoms with E-state index < -0.39 is 0 Å². The number of thiazole rings is 1. The molecule has 1 aliphatic heterocycles. The summed E-state index contributed by atoms with van der Waals surface area (Å²) < 4.78 is 0. The van der Waals surface area contributed by atoms with E-state index in [0.717, 1.165) is 90.9 Å². The third kappa shape index (κ3) is 5.05. The lowest BCUT2D eigenvalue weighted by Gasteiger charge is -2.26. The van der Waals surface area contributed by atoms with Gasteiger partial charge in [0.25, 0.3) is 5.91 Å². The maximum atomic E-state index is 13.1. The number of carbonyl (C=O) groups excluding carboxylic acids is 2. The maximum Gasteiger partial charge on any atom is 0.257 e. The summed E-state index contributed by atoms with van der Waals surface area (Å²) in [6.07, 6.45) is 8.10. The van der Waals surface area contributed by atoms with Gasteiger partial charge in [-0.05, 0) is 68.0 Å². The van der Waals surface area contributed by atoms with E-state index >= 15 is 0 Å². The molecule has 0 bridgehead atoms. The minimum atomic E-state index is -0.219. The van der Waals surface area contributed by atoms with E-state index in [9.17, 15) is 9.59 Å². The van der Waals surface area contributed by atoms with Crippen LogP contribution in [0.5, 0.6) is 0 Å². The highest BCUT2D eigenvalue weighted by molar-refractivity contribution is 7.14. The molecule has 200 valence electrons. The molecule has 0 atom stereocenters. The molecule has 1 aliphatic carbocycles. The third-order valence-corrected chi connectivity index (χ3v) is 8.72. The van der Waals surface area contributed by atoms with Gasteiger partial charge in [0, 0.05) is 34.7 Å². The summed E-state index contributed by atoms with van der Waals surface area (Å²) in [5.41, 5.74) is 8.07. The van der Waals surface area contributed by atoms with Gasteiger partial charge in [-0.25, -0.2) is 15.0 Å². The van der Waals surface area contributed by atoms with Gasteiger partial charge in [0.2, 0.25) is 5.91 Å². The molecule has 0 saturated heterocycles. The van der Waals surface area contributed by atoms with Crippen LogP contribution in [0.25, 0.3) is 22.3 Å². The molecule has 0 unspecified atom stereocenters. The lowest BCUT2D eigenvalue weighted by Crippen LogP contribution is -2.35. The molecule has 1 saturated carbocycles. The second-order valence-electron chi connectivity index (χ2n) is 10.4. The predicted molar refractivity (Wildman–Crippen MR) is 156 cm³/mol. The van der Waals surface area contributed by atoms with Crippen molar-refractivity contribution in [1.82, 2.24) is 15.0 Å². The van der Waals surface area contributed by atoms with Crippen LogP contribution in [-0.4, -0.2) is 33.3 Å². The Balaban J connectivity index is 1.16. The lowest BCUT2D eigenvalue weighted by atomic mass is 9.88. The zero-order valence-electron chi connectivity index (χ0n) is 22.5. The number of nitrogens with zero attached hydrogens (tertiary/aromatic N) is 4. The maximum absolute atomic E-state index is 13.1. The van der Waals surface area contributed by atoms with E-state index in [1.807, 2.05) is 22.4 Å². The molecule has 0 spiro atoms. The molecule has 2 amide bonds. The number of amides is 2. The molecular formula is C31H33N5O2S. The van der Waals surface area contributed by atoms with Gasteiger partial charge in [-0.15, -0.1) is 11.3 Å². The largest absolute Gasteiger partial charge is 0.312 e. The van der Waals surface area contributed by atoms with Crippen molar-refractivity contribution in [1.29, 1.82) is 0 Å². The fraction of sp³-hybridized carbons (Fsp3) is 0.387. The van der Waals surface area contributed by atoms with E-state index in [4.69, 9.17) is 9.97 Å². The van der Waals surface area contributed by atoms with Crippen molar-refractivity contribution in [2.75, 3.05) is 16.8 Å². The fourth-order valence-electron chi connectivity index (χ4n) is 5.83. The molecule has 39 heavy (non-hydrogen) atoms. The zero-order valence-corrected chi connectivity index (χ0v) is 23.3. The monoisotopic (exact) mass is 539 g/mol. The number of hydrogen-bond donors (Lipinski definition) is 1. The first-order valence-corrected chi connectivity index (χ1v) is 14.9. The number of hydrogen-bond acceptors (Lipinski definition) is 6. The first-order valence-electron chi connectivity index (χ1n) is 14.0. The highest BCUT2D eigenvalue weighted by Crippen LogP contribution is 2.36. The molecule has 2 aromatic carbocycles. The first-order chi connectivity index (χ1) is 19.0. The van der Waals surface area contributed by atoms with Crippen LogP contribution in [0.1, 0.15) is 73.3 Å². The van der Waals surface area contributed by atoms with Gasteiger partial charge in [-0.2, -0.15) is 0 Å². The van der Waals surface area contributed by atoms with Gasteiger partial charge < -0.3 is 4.90 Å². The Bertz CT molecular complexity index is 1560. The number of fused-ring (bicyclic) bond motifs is 2. The normalized spacial score (nSPS) is 15.5. The third-order valence-electron chi connectivity index (χ3n) is 7.97. The van der Waals surface area contributed by atoms with E-state index in [-0.39, 0.29) is 17.7 Å². The Morgan fingerprint density at radius 3 is 2.49 bits per heavy atom. The summed E-state index contributed by atoms with van der Waals surface area (Å²) in [4.78, 5) is 42.3. The van der Waals surface area contributed by atoms with Crippen LogP contribution in [0.4, 0.5) is 10.8 Å².